The van der Waals surface area contributed by atoms with Crippen LogP contribution in [0.2, 0.25) is 0 Å². The lowest BCUT2D eigenvalue weighted by Crippen LogP contribution is -2.54. The molecule has 1 saturated carbocycles. The number of carbonyl (C=O) groups is 3. The molecule has 1 aromatic carbocycles. The van der Waals surface area contributed by atoms with Gasteiger partial charge in [-0.05, 0) is 62.8 Å². The van der Waals surface area contributed by atoms with E-state index in [-0.39, 0.29) is 48.2 Å². The first-order valence-electron chi connectivity index (χ1n) is 10.4. The van der Waals surface area contributed by atoms with Crippen LogP contribution in [0, 0.1) is 18.7 Å². The molecular weight excluding hydrogens is 373 g/mol. The highest BCUT2D eigenvalue weighted by Gasteiger charge is 2.55. The second kappa shape index (κ2) is 7.43. The Hall–Kier alpha value is -2.44. The molecule has 0 radical (unpaired) electrons. The van der Waals surface area contributed by atoms with Crippen molar-refractivity contribution in [3.05, 3.63) is 29.6 Å². The molecule has 2 atom stereocenters. The van der Waals surface area contributed by atoms with Gasteiger partial charge in [-0.3, -0.25) is 14.4 Å². The number of aryl methyl sites for hydroxylation is 1. The summed E-state index contributed by atoms with van der Waals surface area (Å²) in [5.74, 6) is -0.269. The summed E-state index contributed by atoms with van der Waals surface area (Å²) in [7, 11) is 0. The second-order valence-electron chi connectivity index (χ2n) is 8.71. The van der Waals surface area contributed by atoms with Crippen LogP contribution in [0.4, 0.5) is 10.1 Å². The van der Waals surface area contributed by atoms with Gasteiger partial charge in [0.2, 0.25) is 11.8 Å². The van der Waals surface area contributed by atoms with Gasteiger partial charge in [-0.15, -0.1) is 0 Å². The number of rotatable bonds is 5. The molecule has 156 valence electrons. The minimum Gasteiger partial charge on any atom is -0.365 e. The van der Waals surface area contributed by atoms with E-state index in [0.29, 0.717) is 31.6 Å². The van der Waals surface area contributed by atoms with E-state index in [1.54, 1.807) is 13.0 Å². The Kier molecular flexibility index (Phi) is 5.09. The predicted octanol–water partition coefficient (Wildman–Crippen LogP) is 2.19. The Morgan fingerprint density at radius 3 is 2.62 bits per heavy atom. The minimum atomic E-state index is -0.814. The third-order valence-electron chi connectivity index (χ3n) is 6.64. The van der Waals surface area contributed by atoms with Crippen molar-refractivity contribution < 1.29 is 18.8 Å². The topological polar surface area (TPSA) is 69.7 Å². The molecule has 29 heavy (non-hydrogen) atoms. The molecule has 2 aliphatic heterocycles. The molecule has 1 unspecified atom stereocenters. The number of carbonyl (C=O) groups excluding carboxylic acids is 3. The number of nitrogens with one attached hydrogen (secondary N) is 1. The number of amides is 2. The summed E-state index contributed by atoms with van der Waals surface area (Å²) in [6.07, 6.45) is 2.48. The monoisotopic (exact) mass is 401 g/mol. The third-order valence-corrected chi connectivity index (χ3v) is 6.64. The molecule has 2 heterocycles. The van der Waals surface area contributed by atoms with Gasteiger partial charge >= 0.3 is 0 Å². The number of piperazine rings is 1. The number of benzene rings is 1. The average Bonchev–Trinajstić information content (AvgIpc) is 3.48. The van der Waals surface area contributed by atoms with Gasteiger partial charge in [0.1, 0.15) is 11.4 Å². The maximum Gasteiger partial charge on any atom is 0.228 e. The fourth-order valence-electron chi connectivity index (χ4n) is 4.82. The van der Waals surface area contributed by atoms with Crippen molar-refractivity contribution in [3.63, 3.8) is 0 Å². The summed E-state index contributed by atoms with van der Waals surface area (Å²) in [6, 6.07) is 5.23. The Labute approximate surface area is 170 Å². The smallest absolute Gasteiger partial charge is 0.228 e. The van der Waals surface area contributed by atoms with E-state index in [4.69, 9.17) is 0 Å². The summed E-state index contributed by atoms with van der Waals surface area (Å²) in [5, 5.41) is 2.89. The molecule has 1 aliphatic carbocycles. The Bertz CT molecular complexity index is 854. The first-order chi connectivity index (χ1) is 13.8. The highest BCUT2D eigenvalue weighted by atomic mass is 19.1. The second-order valence-corrected chi connectivity index (χ2v) is 8.71. The summed E-state index contributed by atoms with van der Waals surface area (Å²) in [4.78, 5) is 41.1. The van der Waals surface area contributed by atoms with Crippen LogP contribution in [0.5, 0.6) is 0 Å². The van der Waals surface area contributed by atoms with E-state index in [9.17, 15) is 18.8 Å². The summed E-state index contributed by atoms with van der Waals surface area (Å²) in [5.41, 5.74) is 0.767. The Morgan fingerprint density at radius 2 is 2.03 bits per heavy atom. The van der Waals surface area contributed by atoms with Crippen LogP contribution in [-0.4, -0.2) is 53.7 Å². The predicted molar refractivity (Wildman–Crippen MR) is 107 cm³/mol. The fourth-order valence-corrected chi connectivity index (χ4v) is 4.82. The summed E-state index contributed by atoms with van der Waals surface area (Å²) in [6.45, 7) is 5.68. The average molecular weight is 401 g/mol. The molecule has 0 bridgehead atoms. The van der Waals surface area contributed by atoms with Crippen LogP contribution in [0.15, 0.2) is 18.2 Å². The number of hydrogen-bond acceptors (Lipinski definition) is 4. The Balaban J connectivity index is 1.36. The number of halogens is 1. The number of nitrogens with zero attached hydrogens (tertiary/aromatic N) is 2. The number of hydrogen-bond donors (Lipinski definition) is 1. The zero-order valence-electron chi connectivity index (χ0n) is 17.0. The van der Waals surface area contributed by atoms with Gasteiger partial charge < -0.3 is 15.1 Å². The van der Waals surface area contributed by atoms with Gasteiger partial charge in [0.05, 0.1) is 6.42 Å². The van der Waals surface area contributed by atoms with E-state index < -0.39 is 5.54 Å². The third kappa shape index (κ3) is 3.74. The first kappa shape index (κ1) is 19.9. The quantitative estimate of drug-likeness (QED) is 0.768. The number of Topliss-reactive ketones (excluding diaryl/α,β-unsaturated/α-hetero) is 1. The van der Waals surface area contributed by atoms with E-state index in [1.165, 1.54) is 6.07 Å². The van der Waals surface area contributed by atoms with Crippen LogP contribution in [0.3, 0.4) is 0 Å². The van der Waals surface area contributed by atoms with E-state index in [1.807, 2.05) is 11.0 Å². The SMILES string of the molecule is Cc1cc(N2CCN(C(=O)CCC3(C4CC4)NC(=O)CC3=O)C[C@@H]2C)ccc1F. The lowest BCUT2D eigenvalue weighted by Gasteiger charge is -2.41. The van der Waals surface area contributed by atoms with Crippen molar-refractivity contribution >= 4 is 23.3 Å². The molecule has 1 N–H and O–H groups in total. The molecule has 7 heteroatoms. The van der Waals surface area contributed by atoms with E-state index >= 15 is 0 Å². The van der Waals surface area contributed by atoms with Crippen molar-refractivity contribution in [2.24, 2.45) is 5.92 Å². The first-order valence-corrected chi connectivity index (χ1v) is 10.4. The summed E-state index contributed by atoms with van der Waals surface area (Å²) < 4.78 is 13.6. The van der Waals surface area contributed by atoms with E-state index in [0.717, 1.165) is 18.5 Å². The lowest BCUT2D eigenvalue weighted by molar-refractivity contribution is -0.133. The number of anilines is 1. The van der Waals surface area contributed by atoms with Crippen molar-refractivity contribution in [3.8, 4) is 0 Å². The standard InChI is InChI=1S/C22H28FN3O3/c1-14-11-17(5-6-18(14)23)26-10-9-25(13-15(26)2)21(29)7-8-22(16-3-4-16)19(27)12-20(28)24-22/h5-6,11,15-16H,3-4,7-10,12-13H2,1-2H3,(H,24,28)/t15-,22?/m0/s1. The molecule has 1 aromatic rings. The van der Waals surface area contributed by atoms with Crippen LogP contribution in [0.25, 0.3) is 0 Å². The van der Waals surface area contributed by atoms with Crippen LogP contribution >= 0.6 is 0 Å². The van der Waals surface area contributed by atoms with Gasteiger partial charge in [0.15, 0.2) is 5.78 Å². The minimum absolute atomic E-state index is 0.0285. The maximum absolute atomic E-state index is 13.6. The van der Waals surface area contributed by atoms with Gasteiger partial charge in [-0.2, -0.15) is 0 Å². The molecule has 2 saturated heterocycles. The van der Waals surface area contributed by atoms with Crippen molar-refractivity contribution in [1.29, 1.82) is 0 Å². The molecule has 3 aliphatic rings. The molecule has 0 spiro atoms. The normalized spacial score (nSPS) is 27.3. The van der Waals surface area contributed by atoms with Crippen LogP contribution in [-0.2, 0) is 14.4 Å². The van der Waals surface area contributed by atoms with Crippen molar-refractivity contribution in [2.45, 2.75) is 57.5 Å². The molecule has 4 rings (SSSR count). The van der Waals surface area contributed by atoms with Crippen molar-refractivity contribution in [2.75, 3.05) is 24.5 Å². The summed E-state index contributed by atoms with van der Waals surface area (Å²) >= 11 is 0. The van der Waals surface area contributed by atoms with Gasteiger partial charge in [-0.1, -0.05) is 0 Å². The zero-order chi connectivity index (χ0) is 20.8. The molecule has 2 amide bonds. The fraction of sp³-hybridized carbons (Fsp3) is 0.591. The Morgan fingerprint density at radius 1 is 1.28 bits per heavy atom. The number of ketones is 1. The molecular formula is C22H28FN3O3. The van der Waals surface area contributed by atoms with Crippen LogP contribution in [0.1, 0.15) is 44.6 Å². The highest BCUT2D eigenvalue weighted by molar-refractivity contribution is 6.10. The molecule has 0 aromatic heterocycles. The van der Waals surface area contributed by atoms with Crippen LogP contribution < -0.4 is 10.2 Å². The van der Waals surface area contributed by atoms with Gasteiger partial charge in [0.25, 0.3) is 0 Å². The largest absolute Gasteiger partial charge is 0.365 e. The highest BCUT2D eigenvalue weighted by Crippen LogP contribution is 2.45. The lowest BCUT2D eigenvalue weighted by atomic mass is 9.85. The maximum atomic E-state index is 13.6. The van der Waals surface area contributed by atoms with E-state index in [2.05, 4.69) is 17.1 Å². The molecule has 3 fully saturated rings. The molecule has 6 nitrogen and oxygen atoms in total. The zero-order valence-corrected chi connectivity index (χ0v) is 17.0. The van der Waals surface area contributed by atoms with Gasteiger partial charge in [0, 0.05) is 37.8 Å². The van der Waals surface area contributed by atoms with Crippen molar-refractivity contribution in [1.82, 2.24) is 10.2 Å². The van der Waals surface area contributed by atoms with Gasteiger partial charge in [-0.25, -0.2) is 4.39 Å².